The van der Waals surface area contributed by atoms with Gasteiger partial charge in [0, 0.05) is 5.70 Å². The minimum Gasteiger partial charge on any atom is -0.484 e. The second-order valence-corrected chi connectivity index (χ2v) is 4.25. The molecule has 0 spiro atoms. The van der Waals surface area contributed by atoms with Gasteiger partial charge >= 0.3 is 0 Å². The molecule has 2 N–H and O–H groups in total. The highest BCUT2D eigenvalue weighted by Crippen LogP contribution is 2.14. The molecule has 1 aromatic rings. The lowest BCUT2D eigenvalue weighted by atomic mass is 10.1. The van der Waals surface area contributed by atoms with Crippen LogP contribution in [-0.2, 0) is 4.79 Å². The number of allylic oxidation sites excluding steroid dienone is 2. The molecule has 1 aliphatic rings. The molecule has 4 heteroatoms. The Morgan fingerprint density at radius 1 is 1.22 bits per heavy atom. The van der Waals surface area contributed by atoms with Crippen molar-refractivity contribution in [1.82, 2.24) is 10.9 Å². The van der Waals surface area contributed by atoms with Crippen LogP contribution in [0.3, 0.4) is 0 Å². The van der Waals surface area contributed by atoms with Crippen LogP contribution in [0.4, 0.5) is 0 Å². The van der Waals surface area contributed by atoms with E-state index in [-0.39, 0.29) is 12.5 Å². The number of hydrogen-bond acceptors (Lipinski definition) is 3. The van der Waals surface area contributed by atoms with Crippen LogP contribution < -0.4 is 15.6 Å². The first kappa shape index (κ1) is 12.5. The topological polar surface area (TPSA) is 50.4 Å². The molecule has 0 saturated heterocycles. The van der Waals surface area contributed by atoms with Crippen LogP contribution in [-0.4, -0.2) is 12.5 Å². The van der Waals surface area contributed by atoms with E-state index in [0.29, 0.717) is 5.75 Å². The Balaban J connectivity index is 1.67. The normalized spacial score (nSPS) is 14.6. The zero-order valence-electron chi connectivity index (χ0n) is 10.3. The Bertz CT molecular complexity index is 415. The van der Waals surface area contributed by atoms with Crippen LogP contribution in [0.2, 0.25) is 0 Å². The molecule has 1 aliphatic carbocycles. The van der Waals surface area contributed by atoms with Crippen LogP contribution in [0.25, 0.3) is 0 Å². The predicted octanol–water partition coefficient (Wildman–Crippen LogP) is 2.14. The summed E-state index contributed by atoms with van der Waals surface area (Å²) in [5, 5.41) is 0. The number of hydrogen-bond donors (Lipinski definition) is 2. The zero-order chi connectivity index (χ0) is 12.6. The Hall–Kier alpha value is -1.97. The molecule has 0 heterocycles. The van der Waals surface area contributed by atoms with Crippen LogP contribution >= 0.6 is 0 Å². The standard InChI is InChI=1S/C14H18N2O2/c17-14(11-18-13-9-5-2-6-10-13)16-15-12-7-3-1-4-8-12/h2,5-7,9-10,15H,1,3-4,8,11H2,(H,16,17). The number of ether oxygens (including phenoxy) is 1. The molecule has 1 amide bonds. The van der Waals surface area contributed by atoms with E-state index in [1.807, 2.05) is 30.3 Å². The molecule has 4 nitrogen and oxygen atoms in total. The van der Waals surface area contributed by atoms with Gasteiger partial charge in [-0.3, -0.25) is 10.2 Å². The summed E-state index contributed by atoms with van der Waals surface area (Å²) in [6.45, 7) is 0.0181. The Morgan fingerprint density at radius 2 is 2.06 bits per heavy atom. The van der Waals surface area contributed by atoms with E-state index in [1.54, 1.807) is 0 Å². The summed E-state index contributed by atoms with van der Waals surface area (Å²) in [5.74, 6) is 0.523. The number of benzene rings is 1. The number of hydrazine groups is 1. The largest absolute Gasteiger partial charge is 0.484 e. The molecule has 18 heavy (non-hydrogen) atoms. The SMILES string of the molecule is O=C(COc1ccccc1)NNC1=CCCCC1. The zero-order valence-corrected chi connectivity index (χ0v) is 10.3. The predicted molar refractivity (Wildman–Crippen MR) is 69.8 cm³/mol. The molecule has 0 atom stereocenters. The van der Waals surface area contributed by atoms with Gasteiger partial charge in [-0.2, -0.15) is 0 Å². The van der Waals surface area contributed by atoms with Gasteiger partial charge in [-0.1, -0.05) is 24.3 Å². The third-order valence-electron chi connectivity index (χ3n) is 2.77. The second kappa shape index (κ2) is 6.69. The van der Waals surface area contributed by atoms with Gasteiger partial charge in [-0.25, -0.2) is 0 Å². The van der Waals surface area contributed by atoms with Crippen molar-refractivity contribution < 1.29 is 9.53 Å². The van der Waals surface area contributed by atoms with E-state index in [1.165, 1.54) is 12.8 Å². The van der Waals surface area contributed by atoms with Crippen LogP contribution in [0.15, 0.2) is 42.1 Å². The second-order valence-electron chi connectivity index (χ2n) is 4.25. The highest BCUT2D eigenvalue weighted by Gasteiger charge is 2.05. The van der Waals surface area contributed by atoms with Crippen LogP contribution in [0.1, 0.15) is 25.7 Å². The molecule has 1 aromatic carbocycles. The summed E-state index contributed by atoms with van der Waals surface area (Å²) >= 11 is 0. The number of amides is 1. The van der Waals surface area contributed by atoms with Gasteiger partial charge in [0.1, 0.15) is 5.75 Å². The van der Waals surface area contributed by atoms with Crippen molar-refractivity contribution >= 4 is 5.91 Å². The molecule has 0 radical (unpaired) electrons. The van der Waals surface area contributed by atoms with Gasteiger partial charge in [0.2, 0.25) is 0 Å². The first-order valence-electron chi connectivity index (χ1n) is 6.26. The molecule has 0 unspecified atom stereocenters. The number of nitrogens with one attached hydrogen (secondary N) is 2. The molecular weight excluding hydrogens is 228 g/mol. The van der Waals surface area contributed by atoms with Crippen molar-refractivity contribution in [3.63, 3.8) is 0 Å². The monoisotopic (exact) mass is 246 g/mol. The van der Waals surface area contributed by atoms with Gasteiger partial charge < -0.3 is 10.2 Å². The smallest absolute Gasteiger partial charge is 0.276 e. The van der Waals surface area contributed by atoms with Crippen molar-refractivity contribution in [3.05, 3.63) is 42.1 Å². The third kappa shape index (κ3) is 4.13. The van der Waals surface area contributed by atoms with E-state index in [9.17, 15) is 4.79 Å². The fourth-order valence-corrected chi connectivity index (χ4v) is 1.80. The van der Waals surface area contributed by atoms with Gasteiger partial charge in [0.25, 0.3) is 5.91 Å². The van der Waals surface area contributed by atoms with Crippen molar-refractivity contribution in [3.8, 4) is 5.75 Å². The average Bonchev–Trinajstić information content (AvgIpc) is 2.45. The molecule has 0 aliphatic heterocycles. The minimum atomic E-state index is -0.176. The Kier molecular flexibility index (Phi) is 4.64. The molecule has 0 fully saturated rings. The van der Waals surface area contributed by atoms with Gasteiger partial charge in [0.15, 0.2) is 6.61 Å². The lowest BCUT2D eigenvalue weighted by molar-refractivity contribution is -0.123. The summed E-state index contributed by atoms with van der Waals surface area (Å²) in [4.78, 5) is 11.5. The molecular formula is C14H18N2O2. The maximum Gasteiger partial charge on any atom is 0.276 e. The Morgan fingerprint density at radius 3 is 2.78 bits per heavy atom. The van der Waals surface area contributed by atoms with E-state index < -0.39 is 0 Å². The maximum atomic E-state index is 11.5. The summed E-state index contributed by atoms with van der Waals surface area (Å²) in [5.41, 5.74) is 6.67. The first-order valence-corrected chi connectivity index (χ1v) is 6.26. The van der Waals surface area contributed by atoms with Gasteiger partial charge in [0.05, 0.1) is 0 Å². The van der Waals surface area contributed by atoms with Crippen molar-refractivity contribution in [2.45, 2.75) is 25.7 Å². The van der Waals surface area contributed by atoms with E-state index >= 15 is 0 Å². The van der Waals surface area contributed by atoms with E-state index in [2.05, 4.69) is 16.9 Å². The summed E-state index contributed by atoms with van der Waals surface area (Å²) in [6.07, 6.45) is 6.62. The maximum absolute atomic E-state index is 11.5. The quantitative estimate of drug-likeness (QED) is 0.783. The molecule has 96 valence electrons. The number of rotatable bonds is 5. The Labute approximate surface area is 107 Å². The van der Waals surface area contributed by atoms with Crippen molar-refractivity contribution in [1.29, 1.82) is 0 Å². The summed E-state index contributed by atoms with van der Waals surface area (Å²) in [7, 11) is 0. The highest BCUT2D eigenvalue weighted by atomic mass is 16.5. The van der Waals surface area contributed by atoms with E-state index in [4.69, 9.17) is 4.74 Å². The third-order valence-corrected chi connectivity index (χ3v) is 2.77. The fraction of sp³-hybridized carbons (Fsp3) is 0.357. The van der Waals surface area contributed by atoms with Gasteiger partial charge in [-0.05, 0) is 37.8 Å². The summed E-state index contributed by atoms with van der Waals surface area (Å²) in [6, 6.07) is 9.30. The first-order chi connectivity index (χ1) is 8.84. The number of carbonyl (C=O) groups excluding carboxylic acids is 1. The van der Waals surface area contributed by atoms with Crippen molar-refractivity contribution in [2.24, 2.45) is 0 Å². The van der Waals surface area contributed by atoms with Gasteiger partial charge in [-0.15, -0.1) is 0 Å². The lowest BCUT2D eigenvalue weighted by Gasteiger charge is -2.15. The average molecular weight is 246 g/mol. The van der Waals surface area contributed by atoms with Crippen LogP contribution in [0, 0.1) is 0 Å². The van der Waals surface area contributed by atoms with Crippen molar-refractivity contribution in [2.75, 3.05) is 6.61 Å². The number of carbonyl (C=O) groups is 1. The summed E-state index contributed by atoms with van der Waals surface area (Å²) < 4.78 is 5.34. The van der Waals surface area contributed by atoms with E-state index in [0.717, 1.165) is 18.5 Å². The lowest BCUT2D eigenvalue weighted by Crippen LogP contribution is -2.40. The molecule has 0 aromatic heterocycles. The molecule has 2 rings (SSSR count). The van der Waals surface area contributed by atoms with Crippen LogP contribution in [0.5, 0.6) is 5.75 Å². The highest BCUT2D eigenvalue weighted by molar-refractivity contribution is 5.77. The minimum absolute atomic E-state index is 0.0181. The fourth-order valence-electron chi connectivity index (χ4n) is 1.80. The molecule has 0 saturated carbocycles. The molecule has 0 bridgehead atoms. The number of para-hydroxylation sites is 1.